The molecule has 0 aromatic heterocycles. The molecule has 0 atom stereocenters. The second-order valence-electron chi connectivity index (χ2n) is 6.56. The van der Waals surface area contributed by atoms with Crippen LogP contribution in [0.2, 0.25) is 0 Å². The second-order valence-corrected chi connectivity index (χ2v) is 6.56. The van der Waals surface area contributed by atoms with Gasteiger partial charge in [-0.15, -0.1) is 0 Å². The normalized spacial score (nSPS) is 10.2. The largest absolute Gasteiger partial charge is 0.417 e. The summed E-state index contributed by atoms with van der Waals surface area (Å²) >= 11 is 0. The molecule has 0 spiro atoms. The van der Waals surface area contributed by atoms with E-state index in [2.05, 4.69) is 10.6 Å². The summed E-state index contributed by atoms with van der Waals surface area (Å²) in [6.07, 6.45) is -1.30. The molecule has 0 aliphatic rings. The molecular formula is C23H22N2O4. The summed E-state index contributed by atoms with van der Waals surface area (Å²) < 4.78 is 10.7. The van der Waals surface area contributed by atoms with Gasteiger partial charge in [0.15, 0.2) is 0 Å². The van der Waals surface area contributed by atoms with E-state index in [1.54, 1.807) is 36.4 Å². The maximum absolute atomic E-state index is 12.4. The zero-order chi connectivity index (χ0) is 20.8. The van der Waals surface area contributed by atoms with E-state index in [0.29, 0.717) is 22.9 Å². The molecule has 3 aromatic rings. The first-order valence-electron chi connectivity index (χ1n) is 9.12. The van der Waals surface area contributed by atoms with Crippen LogP contribution in [0.15, 0.2) is 66.7 Å². The molecule has 0 radical (unpaired) electrons. The summed E-state index contributed by atoms with van der Waals surface area (Å²) in [4.78, 5) is 24.7. The van der Waals surface area contributed by atoms with Gasteiger partial charge in [0.25, 0.3) is 0 Å². The smallest absolute Gasteiger partial charge is 0.410 e. The molecule has 148 valence electrons. The van der Waals surface area contributed by atoms with E-state index in [-0.39, 0.29) is 0 Å². The number of benzene rings is 3. The number of aryl methyl sites for hydroxylation is 3. The molecule has 6 nitrogen and oxygen atoms in total. The quantitative estimate of drug-likeness (QED) is 0.587. The highest BCUT2D eigenvalue weighted by Crippen LogP contribution is 2.27. The van der Waals surface area contributed by atoms with E-state index in [0.717, 1.165) is 16.7 Å². The maximum Gasteiger partial charge on any atom is 0.417 e. The summed E-state index contributed by atoms with van der Waals surface area (Å²) in [6.45, 7) is 5.52. The van der Waals surface area contributed by atoms with Gasteiger partial charge < -0.3 is 9.47 Å². The van der Waals surface area contributed by atoms with Crippen molar-refractivity contribution in [2.45, 2.75) is 20.8 Å². The molecule has 0 unspecified atom stereocenters. The summed E-state index contributed by atoms with van der Waals surface area (Å²) in [5.74, 6) is 0.929. The number of para-hydroxylation sites is 3. The van der Waals surface area contributed by atoms with Crippen molar-refractivity contribution in [3.8, 4) is 11.5 Å². The van der Waals surface area contributed by atoms with Crippen molar-refractivity contribution < 1.29 is 19.1 Å². The van der Waals surface area contributed by atoms with Crippen molar-refractivity contribution in [1.29, 1.82) is 0 Å². The first-order valence-corrected chi connectivity index (χ1v) is 9.12. The molecule has 0 aliphatic carbocycles. The Morgan fingerprint density at radius 1 is 0.621 bits per heavy atom. The Balaban J connectivity index is 1.73. The molecule has 2 N–H and O–H groups in total. The van der Waals surface area contributed by atoms with Crippen molar-refractivity contribution in [2.24, 2.45) is 0 Å². The molecule has 0 saturated heterocycles. The van der Waals surface area contributed by atoms with E-state index in [9.17, 15) is 9.59 Å². The van der Waals surface area contributed by atoms with Crippen molar-refractivity contribution >= 4 is 23.6 Å². The first-order chi connectivity index (χ1) is 13.9. The van der Waals surface area contributed by atoms with Crippen LogP contribution < -0.4 is 20.1 Å². The van der Waals surface area contributed by atoms with Gasteiger partial charge in [0.1, 0.15) is 11.5 Å². The summed E-state index contributed by atoms with van der Waals surface area (Å²) in [5.41, 5.74) is 3.29. The lowest BCUT2D eigenvalue weighted by atomic mass is 10.1. The van der Waals surface area contributed by atoms with Crippen LogP contribution >= 0.6 is 0 Å². The van der Waals surface area contributed by atoms with Crippen molar-refractivity contribution in [3.63, 3.8) is 0 Å². The van der Waals surface area contributed by atoms with Crippen LogP contribution in [0.3, 0.4) is 0 Å². The Kier molecular flexibility index (Phi) is 6.14. The van der Waals surface area contributed by atoms with Crippen molar-refractivity contribution in [1.82, 2.24) is 0 Å². The van der Waals surface area contributed by atoms with Crippen LogP contribution in [0, 0.1) is 20.8 Å². The minimum absolute atomic E-state index is 0.408. The van der Waals surface area contributed by atoms with E-state index < -0.39 is 12.2 Å². The average Bonchev–Trinajstić information content (AvgIpc) is 2.68. The highest BCUT2D eigenvalue weighted by atomic mass is 16.6. The van der Waals surface area contributed by atoms with Gasteiger partial charge in [-0.3, -0.25) is 10.6 Å². The Morgan fingerprint density at radius 3 is 1.66 bits per heavy atom. The third-order valence-electron chi connectivity index (χ3n) is 4.33. The van der Waals surface area contributed by atoms with Crippen LogP contribution in [0.1, 0.15) is 16.7 Å². The van der Waals surface area contributed by atoms with Crippen LogP contribution in [0.25, 0.3) is 0 Å². The van der Waals surface area contributed by atoms with Crippen LogP contribution in [-0.2, 0) is 0 Å². The number of nitrogens with one attached hydrogen (secondary N) is 2. The molecule has 0 fully saturated rings. The Labute approximate surface area is 169 Å². The zero-order valence-electron chi connectivity index (χ0n) is 16.5. The molecule has 3 rings (SSSR count). The highest BCUT2D eigenvalue weighted by Gasteiger charge is 2.15. The first kappa shape index (κ1) is 19.9. The minimum Gasteiger partial charge on any atom is -0.410 e. The summed E-state index contributed by atoms with van der Waals surface area (Å²) in [5, 5.41) is 5.38. The number of amides is 2. The zero-order valence-corrected chi connectivity index (χ0v) is 16.5. The van der Waals surface area contributed by atoms with E-state index in [1.165, 1.54) is 0 Å². The highest BCUT2D eigenvalue weighted by molar-refractivity contribution is 5.97. The Bertz CT molecular complexity index is 1050. The molecule has 3 aromatic carbocycles. The lowest BCUT2D eigenvalue weighted by Crippen LogP contribution is -2.22. The van der Waals surface area contributed by atoms with Gasteiger partial charge in [0.05, 0.1) is 11.4 Å². The van der Waals surface area contributed by atoms with Crippen LogP contribution in [0.5, 0.6) is 11.5 Å². The fourth-order valence-electron chi connectivity index (χ4n) is 2.74. The number of anilines is 2. The number of hydrogen-bond acceptors (Lipinski definition) is 4. The van der Waals surface area contributed by atoms with Gasteiger partial charge in [-0.1, -0.05) is 48.5 Å². The predicted octanol–water partition coefficient (Wildman–Crippen LogP) is 5.83. The standard InChI is InChI=1S/C23H22N2O4/c1-15-9-4-6-13-19(15)28-22(26)24-18-12-8-11-17(3)21(18)25-23(27)29-20-14-7-5-10-16(20)2/h4-14H,1-3H3,(H,24,26)(H,25,27). The van der Waals surface area contributed by atoms with Gasteiger partial charge in [0, 0.05) is 0 Å². The van der Waals surface area contributed by atoms with Gasteiger partial charge in [-0.2, -0.15) is 0 Å². The minimum atomic E-state index is -0.653. The fraction of sp³-hybridized carbons (Fsp3) is 0.130. The predicted molar refractivity (Wildman–Crippen MR) is 113 cm³/mol. The Morgan fingerprint density at radius 2 is 1.10 bits per heavy atom. The topological polar surface area (TPSA) is 76.7 Å². The van der Waals surface area contributed by atoms with E-state index in [1.807, 2.05) is 51.1 Å². The monoisotopic (exact) mass is 390 g/mol. The fourth-order valence-corrected chi connectivity index (χ4v) is 2.74. The molecule has 0 saturated carbocycles. The SMILES string of the molecule is Cc1ccccc1OC(=O)Nc1cccc(C)c1NC(=O)Oc1ccccc1C. The summed E-state index contributed by atoms with van der Waals surface area (Å²) in [6, 6.07) is 19.7. The number of carbonyl (C=O) groups is 2. The molecular weight excluding hydrogens is 368 g/mol. The van der Waals surface area contributed by atoms with Gasteiger partial charge in [-0.25, -0.2) is 9.59 Å². The molecule has 0 aliphatic heterocycles. The van der Waals surface area contributed by atoms with E-state index in [4.69, 9.17) is 9.47 Å². The average molecular weight is 390 g/mol. The lowest BCUT2D eigenvalue weighted by Gasteiger charge is -2.15. The number of rotatable bonds is 4. The van der Waals surface area contributed by atoms with Gasteiger partial charge in [-0.05, 0) is 55.7 Å². The third-order valence-corrected chi connectivity index (χ3v) is 4.33. The lowest BCUT2D eigenvalue weighted by molar-refractivity contribution is 0.213. The van der Waals surface area contributed by atoms with Crippen molar-refractivity contribution in [2.75, 3.05) is 10.6 Å². The number of ether oxygens (including phenoxy) is 2. The van der Waals surface area contributed by atoms with Gasteiger partial charge >= 0.3 is 12.2 Å². The van der Waals surface area contributed by atoms with Crippen LogP contribution in [-0.4, -0.2) is 12.2 Å². The summed E-state index contributed by atoms with van der Waals surface area (Å²) in [7, 11) is 0. The molecule has 6 heteroatoms. The maximum atomic E-state index is 12.4. The number of hydrogen-bond donors (Lipinski definition) is 2. The van der Waals surface area contributed by atoms with Gasteiger partial charge in [0.2, 0.25) is 0 Å². The van der Waals surface area contributed by atoms with Crippen molar-refractivity contribution in [3.05, 3.63) is 83.4 Å². The molecule has 29 heavy (non-hydrogen) atoms. The molecule has 0 heterocycles. The molecule has 0 bridgehead atoms. The molecule has 2 amide bonds. The Hall–Kier alpha value is -3.80. The number of carbonyl (C=O) groups excluding carboxylic acids is 2. The second kappa shape index (κ2) is 8.93. The van der Waals surface area contributed by atoms with E-state index >= 15 is 0 Å². The van der Waals surface area contributed by atoms with Crippen LogP contribution in [0.4, 0.5) is 21.0 Å². The third kappa shape index (κ3) is 5.13.